The van der Waals surface area contributed by atoms with Crippen molar-refractivity contribution in [3.05, 3.63) is 226 Å². The first-order chi connectivity index (χ1) is 25.3. The second-order valence-corrected chi connectivity index (χ2v) is 15.4. The second kappa shape index (κ2) is 11.9. The molecule has 4 N–H and O–H groups in total. The first-order valence-electron chi connectivity index (χ1n) is 18.6. The zero-order chi connectivity index (χ0) is 35.6. The Balaban J connectivity index is 1.34. The normalized spacial score (nSPS) is 26.8. The van der Waals surface area contributed by atoms with Crippen LogP contribution in [-0.2, 0) is 21.7 Å². The molecule has 5 atom stereocenters. The molecular formula is C48H46N4. The molecule has 5 heterocycles. The van der Waals surface area contributed by atoms with Crippen molar-refractivity contribution in [1.82, 2.24) is 20.3 Å². The van der Waals surface area contributed by atoms with Gasteiger partial charge in [0.25, 0.3) is 0 Å². The number of aromatic nitrogens is 3. The minimum Gasteiger partial charge on any atom is -0.383 e. The van der Waals surface area contributed by atoms with Crippen molar-refractivity contribution in [2.45, 2.75) is 61.8 Å². The lowest BCUT2D eigenvalue weighted by Gasteiger charge is -2.39. The number of nitrogens with one attached hydrogen (secondary N) is 4. The van der Waals surface area contributed by atoms with E-state index in [-0.39, 0.29) is 11.5 Å². The number of aromatic amines is 3. The fraction of sp³-hybridized carbons (Fsp3) is 0.208. The average molecular weight is 679 g/mol. The Morgan fingerprint density at radius 3 is 1.13 bits per heavy atom. The second-order valence-electron chi connectivity index (χ2n) is 15.4. The van der Waals surface area contributed by atoms with Crippen molar-refractivity contribution in [2.24, 2.45) is 0 Å². The SMILES string of the molecule is CC1(c2ccccc2)C2=CCC(N2)C(C)(c2ccccc2)c2ccc([nH]2)C(C)(c2ccccc2)c2ccc([nH]2)C(C)(c2ccccc2)c2ccc1[nH]2. The molecule has 0 fully saturated rings. The molecule has 52 heavy (non-hydrogen) atoms. The van der Waals surface area contributed by atoms with Gasteiger partial charge in [-0.05, 0) is 92.8 Å². The lowest BCUT2D eigenvalue weighted by Crippen LogP contribution is -2.47. The molecule has 4 aromatic carbocycles. The Labute approximate surface area is 307 Å². The third-order valence-corrected chi connectivity index (χ3v) is 12.9. The largest absolute Gasteiger partial charge is 0.383 e. The van der Waals surface area contributed by atoms with Gasteiger partial charge in [0.05, 0.1) is 21.7 Å². The molecule has 0 amide bonds. The number of benzene rings is 4. The van der Waals surface area contributed by atoms with E-state index in [1.807, 2.05) is 0 Å². The fourth-order valence-electron chi connectivity index (χ4n) is 9.23. The highest BCUT2D eigenvalue weighted by Gasteiger charge is 2.47. The summed E-state index contributed by atoms with van der Waals surface area (Å²) in [6.45, 7) is 9.46. The van der Waals surface area contributed by atoms with Crippen LogP contribution in [0.1, 0.15) is 90.5 Å². The number of hydrogen-bond donors (Lipinski definition) is 4. The van der Waals surface area contributed by atoms with E-state index in [0.717, 1.165) is 34.9 Å². The maximum Gasteiger partial charge on any atom is 0.0723 e. The summed E-state index contributed by atoms with van der Waals surface area (Å²) in [7, 11) is 0. The standard InChI is InChI=1S/C48H46N4/c1-45(33-17-9-5-10-18-33)37-25-27-39(49-37)46(2,34-19-11-6-12-20-34)41-29-31-43(51-41)48(4,36-23-15-8-16-24-36)44-32-30-42(52-44)47(3,35-21-13-7-14-22-35)40-28-26-38(45)50-40/h5-31,44,49-52H,32H2,1-4H3. The van der Waals surface area contributed by atoms with Crippen LogP contribution in [0.2, 0.25) is 0 Å². The van der Waals surface area contributed by atoms with E-state index in [4.69, 9.17) is 0 Å². The van der Waals surface area contributed by atoms with Crippen LogP contribution in [0.3, 0.4) is 0 Å². The minimum atomic E-state index is -0.489. The number of hydrogen-bond acceptors (Lipinski definition) is 1. The average Bonchev–Trinajstić information content (AvgIpc) is 4.05. The van der Waals surface area contributed by atoms with Crippen LogP contribution >= 0.6 is 0 Å². The Morgan fingerprint density at radius 2 is 0.712 bits per heavy atom. The van der Waals surface area contributed by atoms with Gasteiger partial charge in [-0.15, -0.1) is 0 Å². The molecular weight excluding hydrogens is 633 g/mol. The molecule has 0 saturated heterocycles. The van der Waals surface area contributed by atoms with Crippen LogP contribution in [-0.4, -0.2) is 21.0 Å². The van der Waals surface area contributed by atoms with Crippen molar-refractivity contribution in [3.8, 4) is 0 Å². The van der Waals surface area contributed by atoms with Gasteiger partial charge in [0, 0.05) is 45.9 Å². The number of allylic oxidation sites excluding steroid dienone is 1. The van der Waals surface area contributed by atoms with E-state index in [1.165, 1.54) is 33.6 Å². The maximum atomic E-state index is 4.17. The number of H-pyrrole nitrogens is 3. The molecule has 0 radical (unpaired) electrons. The molecule has 7 aromatic rings. The lowest BCUT2D eigenvalue weighted by atomic mass is 9.72. The highest BCUT2D eigenvalue weighted by molar-refractivity contribution is 5.55. The molecule has 0 aliphatic carbocycles. The van der Waals surface area contributed by atoms with Crippen LogP contribution in [0, 0.1) is 0 Å². The van der Waals surface area contributed by atoms with Gasteiger partial charge in [-0.1, -0.05) is 127 Å². The fourth-order valence-corrected chi connectivity index (χ4v) is 9.23. The summed E-state index contributed by atoms with van der Waals surface area (Å²) in [6.07, 6.45) is 3.34. The van der Waals surface area contributed by atoms with Gasteiger partial charge in [0.15, 0.2) is 0 Å². The van der Waals surface area contributed by atoms with Gasteiger partial charge in [0.1, 0.15) is 0 Å². The Morgan fingerprint density at radius 1 is 0.385 bits per heavy atom. The summed E-state index contributed by atoms with van der Waals surface area (Å²) < 4.78 is 0. The first-order valence-corrected chi connectivity index (χ1v) is 18.6. The van der Waals surface area contributed by atoms with Gasteiger partial charge in [-0.25, -0.2) is 0 Å². The lowest BCUT2D eigenvalue weighted by molar-refractivity contribution is 0.389. The summed E-state index contributed by atoms with van der Waals surface area (Å²) in [6, 6.07) is 57.7. The highest BCUT2D eigenvalue weighted by Crippen LogP contribution is 2.48. The smallest absolute Gasteiger partial charge is 0.0723 e. The Bertz CT molecular complexity index is 2370. The zero-order valence-corrected chi connectivity index (χ0v) is 30.4. The van der Waals surface area contributed by atoms with Crippen LogP contribution < -0.4 is 5.32 Å². The Hall–Kier alpha value is -5.74. The number of fused-ring (bicyclic) bond motifs is 8. The van der Waals surface area contributed by atoms with Gasteiger partial charge >= 0.3 is 0 Å². The topological polar surface area (TPSA) is 59.4 Å². The third-order valence-electron chi connectivity index (χ3n) is 12.9. The molecule has 8 bridgehead atoms. The van der Waals surface area contributed by atoms with Crippen molar-refractivity contribution >= 4 is 0 Å². The molecule has 0 saturated carbocycles. The quantitative estimate of drug-likeness (QED) is 0.147. The molecule has 0 spiro atoms. The van der Waals surface area contributed by atoms with E-state index in [9.17, 15) is 0 Å². The predicted molar refractivity (Wildman–Crippen MR) is 212 cm³/mol. The van der Waals surface area contributed by atoms with Gasteiger partial charge in [-0.3, -0.25) is 0 Å². The minimum absolute atomic E-state index is 0.108. The molecule has 3 aromatic heterocycles. The van der Waals surface area contributed by atoms with Crippen LogP contribution in [0.15, 0.2) is 169 Å². The zero-order valence-electron chi connectivity index (χ0n) is 30.4. The summed E-state index contributed by atoms with van der Waals surface area (Å²) in [5.74, 6) is 0. The van der Waals surface area contributed by atoms with Crippen LogP contribution in [0.25, 0.3) is 0 Å². The summed E-state index contributed by atoms with van der Waals surface area (Å²) in [5.41, 5.74) is 11.3. The van der Waals surface area contributed by atoms with E-state index >= 15 is 0 Å². The van der Waals surface area contributed by atoms with Gasteiger partial charge < -0.3 is 20.3 Å². The first kappa shape index (κ1) is 32.2. The van der Waals surface area contributed by atoms with E-state index in [1.54, 1.807) is 0 Å². The van der Waals surface area contributed by atoms with Gasteiger partial charge in [-0.2, -0.15) is 0 Å². The molecule has 5 unspecified atom stereocenters. The molecule has 258 valence electrons. The Kier molecular flexibility index (Phi) is 7.38. The molecule has 2 aliphatic rings. The van der Waals surface area contributed by atoms with Gasteiger partial charge in [0.2, 0.25) is 0 Å². The number of rotatable bonds is 4. The predicted octanol–water partition coefficient (Wildman–Crippen LogP) is 10.3. The van der Waals surface area contributed by atoms with Crippen LogP contribution in [0.5, 0.6) is 0 Å². The van der Waals surface area contributed by atoms with Crippen LogP contribution in [0.4, 0.5) is 0 Å². The van der Waals surface area contributed by atoms with E-state index in [0.29, 0.717) is 0 Å². The van der Waals surface area contributed by atoms with Crippen molar-refractivity contribution < 1.29 is 0 Å². The summed E-state index contributed by atoms with van der Waals surface area (Å²) in [4.78, 5) is 12.2. The summed E-state index contributed by atoms with van der Waals surface area (Å²) in [5, 5.41) is 4.17. The third kappa shape index (κ3) is 4.60. The molecule has 9 rings (SSSR count). The molecule has 2 aliphatic heterocycles. The highest BCUT2D eigenvalue weighted by atomic mass is 15.0. The molecule has 4 nitrogen and oxygen atoms in total. The monoisotopic (exact) mass is 678 g/mol. The van der Waals surface area contributed by atoms with Crippen molar-refractivity contribution in [3.63, 3.8) is 0 Å². The van der Waals surface area contributed by atoms with E-state index < -0.39 is 16.2 Å². The maximum absolute atomic E-state index is 4.17. The van der Waals surface area contributed by atoms with Crippen molar-refractivity contribution in [2.75, 3.05) is 0 Å². The molecule has 4 heteroatoms. The van der Waals surface area contributed by atoms with Crippen molar-refractivity contribution in [1.29, 1.82) is 0 Å². The summed E-state index contributed by atoms with van der Waals surface area (Å²) >= 11 is 0. The van der Waals surface area contributed by atoms with E-state index in [2.05, 4.69) is 212 Å².